The number of esters is 3. The average molecular weight is 607 g/mol. The summed E-state index contributed by atoms with van der Waals surface area (Å²) in [5.41, 5.74) is -1.60. The maximum absolute atomic E-state index is 13.5. The van der Waals surface area contributed by atoms with Crippen LogP contribution < -0.4 is 5.32 Å². The number of nitrogens with one attached hydrogen (secondary N) is 1. The van der Waals surface area contributed by atoms with Crippen LogP contribution in [0.4, 0.5) is 4.79 Å². The molecule has 0 spiro atoms. The Morgan fingerprint density at radius 2 is 1.28 bits per heavy atom. The van der Waals surface area contributed by atoms with E-state index >= 15 is 0 Å². The predicted octanol–water partition coefficient (Wildman–Crippen LogP) is 5.08. The Bertz CT molecular complexity index is 1080. The fourth-order valence-electron chi connectivity index (χ4n) is 3.93. The van der Waals surface area contributed by atoms with Crippen LogP contribution >= 0.6 is 0 Å². The standard InChI is InChI=1S/C32H50N2O9/c1-11-34(24(28(38)43-32(8,9)10)18-20-26(36)41-30(2,3)4)25(35)19-17-23(27(37)42-31(5,6)7)33-29(39)40-21-22-15-13-12-14-16-22/h12-16,23-24H,11,17-21H2,1-10H3,(H,33,39)/t23-,24-/m0/s1. The highest BCUT2D eigenvalue weighted by Gasteiger charge is 2.35. The summed E-state index contributed by atoms with van der Waals surface area (Å²) in [6, 6.07) is 6.79. The quantitative estimate of drug-likeness (QED) is 0.241. The molecule has 0 aliphatic rings. The molecule has 11 nitrogen and oxygen atoms in total. The monoisotopic (exact) mass is 606 g/mol. The largest absolute Gasteiger partial charge is 0.460 e. The van der Waals surface area contributed by atoms with Gasteiger partial charge in [0.05, 0.1) is 0 Å². The molecule has 1 N–H and O–H groups in total. The van der Waals surface area contributed by atoms with Gasteiger partial charge in [0.15, 0.2) is 0 Å². The highest BCUT2D eigenvalue weighted by atomic mass is 16.6. The van der Waals surface area contributed by atoms with E-state index in [1.807, 2.05) is 18.2 Å². The first kappa shape index (κ1) is 37.4. The lowest BCUT2D eigenvalue weighted by Crippen LogP contribution is -2.49. The van der Waals surface area contributed by atoms with Gasteiger partial charge in [0.25, 0.3) is 0 Å². The number of nitrogens with zero attached hydrogens (tertiary/aromatic N) is 1. The van der Waals surface area contributed by atoms with Crippen molar-refractivity contribution in [2.45, 2.75) is 130 Å². The number of hydrogen-bond donors (Lipinski definition) is 1. The van der Waals surface area contributed by atoms with Gasteiger partial charge in [-0.2, -0.15) is 0 Å². The van der Waals surface area contributed by atoms with Crippen molar-refractivity contribution >= 4 is 29.9 Å². The second-order valence-corrected chi connectivity index (χ2v) is 13.2. The van der Waals surface area contributed by atoms with Crippen LogP contribution in [-0.2, 0) is 44.7 Å². The molecule has 1 aromatic carbocycles. The number of amides is 2. The molecule has 1 aromatic rings. The lowest BCUT2D eigenvalue weighted by Gasteiger charge is -2.32. The second-order valence-electron chi connectivity index (χ2n) is 13.2. The van der Waals surface area contributed by atoms with Gasteiger partial charge in [-0.3, -0.25) is 9.59 Å². The molecule has 0 unspecified atom stereocenters. The normalized spacial score (nSPS) is 13.3. The lowest BCUT2D eigenvalue weighted by molar-refractivity contribution is -0.166. The number of alkyl carbamates (subject to hydrolysis) is 1. The average Bonchev–Trinajstić information content (AvgIpc) is 2.84. The van der Waals surface area contributed by atoms with E-state index in [9.17, 15) is 24.0 Å². The summed E-state index contributed by atoms with van der Waals surface area (Å²) in [5.74, 6) is -2.35. The molecule has 0 fully saturated rings. The second kappa shape index (κ2) is 16.3. The van der Waals surface area contributed by atoms with Crippen LogP contribution in [0.15, 0.2) is 30.3 Å². The summed E-state index contributed by atoms with van der Waals surface area (Å²) in [7, 11) is 0. The fourth-order valence-corrected chi connectivity index (χ4v) is 3.93. The van der Waals surface area contributed by atoms with E-state index in [0.717, 1.165) is 5.56 Å². The summed E-state index contributed by atoms with van der Waals surface area (Å²) in [5, 5.41) is 2.51. The Balaban J connectivity index is 3.06. The maximum Gasteiger partial charge on any atom is 0.408 e. The number of carbonyl (C=O) groups is 5. The van der Waals surface area contributed by atoms with E-state index in [2.05, 4.69) is 5.32 Å². The maximum atomic E-state index is 13.5. The van der Waals surface area contributed by atoms with Crippen LogP contribution in [0.3, 0.4) is 0 Å². The molecule has 0 saturated heterocycles. The van der Waals surface area contributed by atoms with Crippen molar-refractivity contribution in [3.05, 3.63) is 35.9 Å². The number of carbonyl (C=O) groups excluding carboxylic acids is 5. The third-order valence-corrected chi connectivity index (χ3v) is 5.60. The van der Waals surface area contributed by atoms with Crippen molar-refractivity contribution in [1.82, 2.24) is 10.2 Å². The van der Waals surface area contributed by atoms with E-state index in [1.54, 1.807) is 81.4 Å². The molecule has 2 amide bonds. The molecule has 0 aliphatic heterocycles. The highest BCUT2D eigenvalue weighted by molar-refractivity contribution is 5.86. The minimum atomic E-state index is -1.19. The zero-order chi connectivity index (χ0) is 33.0. The highest BCUT2D eigenvalue weighted by Crippen LogP contribution is 2.19. The molecule has 242 valence electrons. The molecule has 1 rings (SSSR count). The minimum absolute atomic E-state index is 0.00846. The lowest BCUT2D eigenvalue weighted by atomic mass is 10.1. The molecule has 0 radical (unpaired) electrons. The van der Waals surface area contributed by atoms with E-state index < -0.39 is 58.8 Å². The van der Waals surface area contributed by atoms with Crippen molar-refractivity contribution in [2.75, 3.05) is 6.54 Å². The minimum Gasteiger partial charge on any atom is -0.460 e. The Morgan fingerprint density at radius 1 is 0.744 bits per heavy atom. The third kappa shape index (κ3) is 16.0. The number of ether oxygens (including phenoxy) is 4. The Labute approximate surface area is 255 Å². The first-order chi connectivity index (χ1) is 19.7. The van der Waals surface area contributed by atoms with Gasteiger partial charge in [0, 0.05) is 19.4 Å². The van der Waals surface area contributed by atoms with Gasteiger partial charge >= 0.3 is 24.0 Å². The Morgan fingerprint density at radius 3 is 1.79 bits per heavy atom. The Hall–Kier alpha value is -3.63. The topological polar surface area (TPSA) is 138 Å². The van der Waals surface area contributed by atoms with Crippen molar-refractivity contribution in [3.63, 3.8) is 0 Å². The van der Waals surface area contributed by atoms with Gasteiger partial charge in [-0.05, 0) is 87.6 Å². The van der Waals surface area contributed by atoms with Gasteiger partial charge < -0.3 is 29.2 Å². The fraction of sp³-hybridized carbons (Fsp3) is 0.656. The first-order valence-corrected chi connectivity index (χ1v) is 14.6. The van der Waals surface area contributed by atoms with Gasteiger partial charge in [0.2, 0.25) is 5.91 Å². The first-order valence-electron chi connectivity index (χ1n) is 14.6. The van der Waals surface area contributed by atoms with Crippen LogP contribution in [0, 0.1) is 0 Å². The van der Waals surface area contributed by atoms with Crippen molar-refractivity contribution in [1.29, 1.82) is 0 Å². The molecule has 0 saturated carbocycles. The van der Waals surface area contributed by atoms with Gasteiger partial charge in [0.1, 0.15) is 35.5 Å². The van der Waals surface area contributed by atoms with E-state index in [-0.39, 0.29) is 38.8 Å². The molecular formula is C32H50N2O9. The van der Waals surface area contributed by atoms with Crippen LogP contribution in [0.1, 0.15) is 100 Å². The van der Waals surface area contributed by atoms with Crippen LogP contribution in [0.25, 0.3) is 0 Å². The molecule has 0 bridgehead atoms. The van der Waals surface area contributed by atoms with Crippen LogP contribution in [-0.4, -0.2) is 70.2 Å². The van der Waals surface area contributed by atoms with E-state index in [4.69, 9.17) is 18.9 Å². The van der Waals surface area contributed by atoms with Crippen molar-refractivity contribution < 1.29 is 42.9 Å². The summed E-state index contributed by atoms with van der Waals surface area (Å²) >= 11 is 0. The molecule has 0 aliphatic carbocycles. The van der Waals surface area contributed by atoms with Gasteiger partial charge in [-0.15, -0.1) is 0 Å². The molecular weight excluding hydrogens is 556 g/mol. The number of likely N-dealkylation sites (N-methyl/N-ethyl adjacent to an activating group) is 1. The number of rotatable bonds is 13. The summed E-state index contributed by atoms with van der Waals surface area (Å²) in [6.45, 7) is 17.3. The predicted molar refractivity (Wildman–Crippen MR) is 161 cm³/mol. The smallest absolute Gasteiger partial charge is 0.408 e. The molecule has 2 atom stereocenters. The van der Waals surface area contributed by atoms with Gasteiger partial charge in [-0.25, -0.2) is 14.4 Å². The summed E-state index contributed by atoms with van der Waals surface area (Å²) in [4.78, 5) is 65.9. The SMILES string of the molecule is CCN(C(=O)CC[C@H](NC(=O)OCc1ccccc1)C(=O)OC(C)(C)C)[C@@H](CCC(=O)OC(C)(C)C)C(=O)OC(C)(C)C. The number of hydrogen-bond acceptors (Lipinski definition) is 9. The molecule has 0 heterocycles. The molecule has 11 heteroatoms. The van der Waals surface area contributed by atoms with E-state index in [1.165, 1.54) is 4.90 Å². The van der Waals surface area contributed by atoms with Gasteiger partial charge in [-0.1, -0.05) is 30.3 Å². The summed E-state index contributed by atoms with van der Waals surface area (Å²) < 4.78 is 21.7. The van der Waals surface area contributed by atoms with Crippen LogP contribution in [0.2, 0.25) is 0 Å². The molecule has 43 heavy (non-hydrogen) atoms. The van der Waals surface area contributed by atoms with Crippen molar-refractivity contribution in [2.24, 2.45) is 0 Å². The zero-order valence-corrected chi connectivity index (χ0v) is 27.4. The number of benzene rings is 1. The molecule has 0 aromatic heterocycles. The summed E-state index contributed by atoms with van der Waals surface area (Å²) in [6.07, 6.45) is -1.28. The van der Waals surface area contributed by atoms with Crippen LogP contribution in [0.5, 0.6) is 0 Å². The Kier molecular flexibility index (Phi) is 14.2. The van der Waals surface area contributed by atoms with Crippen molar-refractivity contribution in [3.8, 4) is 0 Å². The third-order valence-electron chi connectivity index (χ3n) is 5.60. The van der Waals surface area contributed by atoms with E-state index in [0.29, 0.717) is 0 Å². The zero-order valence-electron chi connectivity index (χ0n) is 27.4.